The Morgan fingerprint density at radius 2 is 2.23 bits per heavy atom. The van der Waals surface area contributed by atoms with Crippen LogP contribution in [0.5, 0.6) is 0 Å². The summed E-state index contributed by atoms with van der Waals surface area (Å²) in [5.74, 6) is -0.489. The summed E-state index contributed by atoms with van der Waals surface area (Å²) in [6.07, 6.45) is 1.29. The Labute approximate surface area is 129 Å². The lowest BCUT2D eigenvalue weighted by molar-refractivity contribution is -0.133. The standard InChI is InChI=1S/C15H20N4O3/c1-17-14(21)15(10-22-3)7-4-8-19(15)13(20)12-6-5-11(9-16)18(12)2/h5-6H,4,7-8,10H2,1-3H3,(H,17,21). The second-order valence-electron chi connectivity index (χ2n) is 5.38. The summed E-state index contributed by atoms with van der Waals surface area (Å²) < 4.78 is 6.75. The first-order chi connectivity index (χ1) is 10.5. The molecular weight excluding hydrogens is 284 g/mol. The van der Waals surface area contributed by atoms with Crippen LogP contribution in [0.4, 0.5) is 0 Å². The van der Waals surface area contributed by atoms with Gasteiger partial charge in [0.25, 0.3) is 5.91 Å². The van der Waals surface area contributed by atoms with Crippen molar-refractivity contribution in [2.75, 3.05) is 27.3 Å². The van der Waals surface area contributed by atoms with Gasteiger partial charge in [-0.05, 0) is 25.0 Å². The maximum absolute atomic E-state index is 12.9. The third-order valence-corrected chi connectivity index (χ3v) is 4.22. The van der Waals surface area contributed by atoms with Crippen molar-refractivity contribution in [1.82, 2.24) is 14.8 Å². The maximum atomic E-state index is 12.9. The Balaban J connectivity index is 2.40. The van der Waals surface area contributed by atoms with Crippen molar-refractivity contribution in [3.63, 3.8) is 0 Å². The third kappa shape index (κ3) is 2.35. The van der Waals surface area contributed by atoms with E-state index in [4.69, 9.17) is 10.00 Å². The van der Waals surface area contributed by atoms with E-state index >= 15 is 0 Å². The van der Waals surface area contributed by atoms with Gasteiger partial charge in [0.05, 0.1) is 6.61 Å². The fourth-order valence-corrected chi connectivity index (χ4v) is 3.07. The smallest absolute Gasteiger partial charge is 0.271 e. The van der Waals surface area contributed by atoms with E-state index in [1.54, 1.807) is 35.7 Å². The molecule has 22 heavy (non-hydrogen) atoms. The van der Waals surface area contributed by atoms with Crippen LogP contribution in [-0.4, -0.2) is 54.1 Å². The van der Waals surface area contributed by atoms with Gasteiger partial charge in [0.15, 0.2) is 0 Å². The molecule has 2 heterocycles. The average molecular weight is 304 g/mol. The van der Waals surface area contributed by atoms with Crippen molar-refractivity contribution < 1.29 is 14.3 Å². The number of likely N-dealkylation sites (N-methyl/N-ethyl adjacent to an activating group) is 1. The van der Waals surface area contributed by atoms with Gasteiger partial charge in [0, 0.05) is 27.7 Å². The summed E-state index contributed by atoms with van der Waals surface area (Å²) in [6.45, 7) is 0.636. The zero-order valence-electron chi connectivity index (χ0n) is 13.0. The molecule has 0 aliphatic carbocycles. The fourth-order valence-electron chi connectivity index (χ4n) is 3.07. The van der Waals surface area contributed by atoms with Crippen molar-refractivity contribution in [3.8, 4) is 6.07 Å². The van der Waals surface area contributed by atoms with E-state index in [9.17, 15) is 9.59 Å². The number of nitrogens with zero attached hydrogens (tertiary/aromatic N) is 3. The van der Waals surface area contributed by atoms with Crippen LogP contribution in [0.25, 0.3) is 0 Å². The highest BCUT2D eigenvalue weighted by molar-refractivity contribution is 5.99. The number of likely N-dealkylation sites (tertiary alicyclic amines) is 1. The highest BCUT2D eigenvalue weighted by Gasteiger charge is 2.50. The number of hydrogen-bond donors (Lipinski definition) is 1. The summed E-state index contributed by atoms with van der Waals surface area (Å²) in [6, 6.07) is 5.24. The number of hydrogen-bond acceptors (Lipinski definition) is 4. The minimum atomic E-state index is -0.988. The van der Waals surface area contributed by atoms with Gasteiger partial charge in [0.1, 0.15) is 23.0 Å². The molecule has 1 fully saturated rings. The quantitative estimate of drug-likeness (QED) is 0.864. The molecule has 0 aromatic carbocycles. The minimum absolute atomic E-state index is 0.147. The number of carbonyl (C=O) groups excluding carboxylic acids is 2. The first kappa shape index (κ1) is 16.0. The number of amides is 2. The van der Waals surface area contributed by atoms with Crippen LogP contribution in [0.1, 0.15) is 29.0 Å². The molecule has 7 nitrogen and oxygen atoms in total. The summed E-state index contributed by atoms with van der Waals surface area (Å²) in [7, 11) is 4.73. The number of nitriles is 1. The summed E-state index contributed by atoms with van der Waals surface area (Å²) in [5.41, 5.74) is -0.194. The second kappa shape index (κ2) is 6.20. The molecule has 0 bridgehead atoms. The largest absolute Gasteiger partial charge is 0.382 e. The molecule has 0 spiro atoms. The average Bonchev–Trinajstić information content (AvgIpc) is 3.10. The zero-order valence-corrected chi connectivity index (χ0v) is 13.0. The van der Waals surface area contributed by atoms with Crippen LogP contribution < -0.4 is 5.32 Å². The van der Waals surface area contributed by atoms with Crippen molar-refractivity contribution in [2.24, 2.45) is 7.05 Å². The first-order valence-corrected chi connectivity index (χ1v) is 7.10. The Morgan fingerprint density at radius 3 is 2.77 bits per heavy atom. The number of ether oxygens (including phenoxy) is 1. The Kier molecular flexibility index (Phi) is 4.52. The molecule has 1 aromatic rings. The van der Waals surface area contributed by atoms with E-state index < -0.39 is 5.54 Å². The number of rotatable bonds is 4. The van der Waals surface area contributed by atoms with Gasteiger partial charge in [-0.1, -0.05) is 0 Å². The number of methoxy groups -OCH3 is 1. The van der Waals surface area contributed by atoms with Crippen molar-refractivity contribution >= 4 is 11.8 Å². The molecular formula is C15H20N4O3. The number of nitrogens with one attached hydrogen (secondary N) is 1. The Bertz CT molecular complexity index is 631. The number of aromatic nitrogens is 1. The van der Waals surface area contributed by atoms with Crippen molar-refractivity contribution in [1.29, 1.82) is 5.26 Å². The molecule has 7 heteroatoms. The van der Waals surface area contributed by atoms with Crippen LogP contribution in [0, 0.1) is 11.3 Å². The molecule has 2 rings (SSSR count). The monoisotopic (exact) mass is 304 g/mol. The van der Waals surface area contributed by atoms with E-state index in [0.717, 1.165) is 6.42 Å². The predicted molar refractivity (Wildman–Crippen MR) is 79.1 cm³/mol. The molecule has 1 aliphatic heterocycles. The molecule has 1 atom stereocenters. The van der Waals surface area contributed by atoms with E-state index in [2.05, 4.69) is 5.32 Å². The maximum Gasteiger partial charge on any atom is 0.271 e. The van der Waals surface area contributed by atoms with Crippen molar-refractivity contribution in [2.45, 2.75) is 18.4 Å². The van der Waals surface area contributed by atoms with Crippen LogP contribution in [0.2, 0.25) is 0 Å². The molecule has 1 aliphatic rings. The molecule has 1 aromatic heterocycles. The van der Waals surface area contributed by atoms with Gasteiger partial charge in [0.2, 0.25) is 5.91 Å². The lowest BCUT2D eigenvalue weighted by Crippen LogP contribution is -2.59. The van der Waals surface area contributed by atoms with Gasteiger partial charge < -0.3 is 19.5 Å². The fraction of sp³-hybridized carbons (Fsp3) is 0.533. The van der Waals surface area contributed by atoms with E-state index in [1.165, 1.54) is 7.11 Å². The van der Waals surface area contributed by atoms with Gasteiger partial charge in [-0.3, -0.25) is 9.59 Å². The summed E-state index contributed by atoms with van der Waals surface area (Å²) in [5, 5.41) is 11.6. The van der Waals surface area contributed by atoms with E-state index in [1.807, 2.05) is 6.07 Å². The molecule has 1 N–H and O–H groups in total. The molecule has 118 valence electrons. The van der Waals surface area contributed by atoms with Crippen molar-refractivity contribution in [3.05, 3.63) is 23.5 Å². The van der Waals surface area contributed by atoms with Gasteiger partial charge >= 0.3 is 0 Å². The second-order valence-corrected chi connectivity index (χ2v) is 5.38. The van der Waals surface area contributed by atoms with Crippen LogP contribution in [-0.2, 0) is 16.6 Å². The zero-order chi connectivity index (χ0) is 16.3. The van der Waals surface area contributed by atoms with Gasteiger partial charge in [-0.15, -0.1) is 0 Å². The third-order valence-electron chi connectivity index (χ3n) is 4.22. The highest BCUT2D eigenvalue weighted by Crippen LogP contribution is 2.32. The lowest BCUT2D eigenvalue weighted by Gasteiger charge is -2.36. The highest BCUT2D eigenvalue weighted by atomic mass is 16.5. The molecule has 2 amide bonds. The first-order valence-electron chi connectivity index (χ1n) is 7.10. The van der Waals surface area contributed by atoms with Gasteiger partial charge in [-0.25, -0.2) is 0 Å². The minimum Gasteiger partial charge on any atom is -0.382 e. The molecule has 0 saturated carbocycles. The Hall–Kier alpha value is -2.33. The number of carbonyl (C=O) groups is 2. The van der Waals surface area contributed by atoms with Crippen LogP contribution >= 0.6 is 0 Å². The van der Waals surface area contributed by atoms with Crippen LogP contribution in [0.3, 0.4) is 0 Å². The summed E-state index contributed by atoms with van der Waals surface area (Å²) >= 11 is 0. The molecule has 1 unspecified atom stereocenters. The predicted octanol–water partition coefficient (Wildman–Crippen LogP) is 0.264. The summed E-state index contributed by atoms with van der Waals surface area (Å²) in [4.78, 5) is 26.8. The molecule has 0 radical (unpaired) electrons. The van der Waals surface area contributed by atoms with E-state index in [-0.39, 0.29) is 18.4 Å². The SMILES string of the molecule is CNC(=O)C1(COC)CCCN1C(=O)c1ccc(C#N)n1C. The molecule has 1 saturated heterocycles. The Morgan fingerprint density at radius 1 is 1.50 bits per heavy atom. The van der Waals surface area contributed by atoms with Gasteiger partial charge in [-0.2, -0.15) is 5.26 Å². The van der Waals surface area contributed by atoms with E-state index in [0.29, 0.717) is 24.4 Å². The normalized spacial score (nSPS) is 20.7. The lowest BCUT2D eigenvalue weighted by atomic mass is 9.95. The van der Waals surface area contributed by atoms with Crippen LogP contribution in [0.15, 0.2) is 12.1 Å². The topological polar surface area (TPSA) is 87.4 Å².